The van der Waals surface area contributed by atoms with Crippen molar-refractivity contribution in [3.8, 4) is 0 Å². The van der Waals surface area contributed by atoms with Gasteiger partial charge in [0.1, 0.15) is 5.54 Å². The lowest BCUT2D eigenvalue weighted by molar-refractivity contribution is -0.125. The smallest absolute Gasteiger partial charge is 0.254 e. The first-order valence-electron chi connectivity index (χ1n) is 9.07. The van der Waals surface area contributed by atoms with Crippen LogP contribution in [0.2, 0.25) is 0 Å². The summed E-state index contributed by atoms with van der Waals surface area (Å²) in [6, 6.07) is 4.45. The molecule has 3 aliphatic heterocycles. The topological polar surface area (TPSA) is 57.2 Å². The highest BCUT2D eigenvalue weighted by molar-refractivity contribution is 7.12. The molecule has 136 valence electrons. The van der Waals surface area contributed by atoms with Crippen LogP contribution in [0.4, 0.5) is 0 Å². The van der Waals surface area contributed by atoms with Crippen LogP contribution in [-0.4, -0.2) is 61.0 Å². The van der Waals surface area contributed by atoms with Crippen LogP contribution in [0.15, 0.2) is 17.1 Å². The van der Waals surface area contributed by atoms with Crippen molar-refractivity contribution in [2.24, 2.45) is 4.99 Å². The van der Waals surface area contributed by atoms with Gasteiger partial charge in [0.2, 0.25) is 5.96 Å². The molecule has 1 unspecified atom stereocenters. The predicted molar refractivity (Wildman–Crippen MR) is 98.8 cm³/mol. The molecular weight excluding hydrogens is 336 g/mol. The molecule has 2 fully saturated rings. The molecule has 1 aromatic heterocycles. The number of hydrogen-bond donors (Lipinski definition) is 1. The molecule has 1 aromatic rings. The molecule has 6 nitrogen and oxygen atoms in total. The van der Waals surface area contributed by atoms with Gasteiger partial charge in [0, 0.05) is 50.1 Å². The number of carbonyl (C=O) groups is 1. The second-order valence-corrected chi connectivity index (χ2v) is 8.60. The lowest BCUT2D eigenvalue weighted by Crippen LogP contribution is -2.49. The Hall–Kier alpha value is -1.44. The fraction of sp³-hybridized carbons (Fsp3) is 0.667. The average Bonchev–Trinajstić information content (AvgIpc) is 3.31. The minimum atomic E-state index is -0.547. The highest BCUT2D eigenvalue weighted by atomic mass is 32.1. The fourth-order valence-electron chi connectivity index (χ4n) is 3.81. The first kappa shape index (κ1) is 17.0. The van der Waals surface area contributed by atoms with E-state index in [1.807, 2.05) is 30.3 Å². The zero-order valence-electron chi connectivity index (χ0n) is 15.0. The van der Waals surface area contributed by atoms with Crippen LogP contribution in [0.3, 0.4) is 0 Å². The number of ether oxygens (including phenoxy) is 1. The molecule has 0 bridgehead atoms. The van der Waals surface area contributed by atoms with Gasteiger partial charge >= 0.3 is 0 Å². The van der Waals surface area contributed by atoms with E-state index in [1.54, 1.807) is 0 Å². The van der Waals surface area contributed by atoms with Crippen molar-refractivity contribution in [3.05, 3.63) is 21.9 Å². The molecule has 2 saturated heterocycles. The normalized spacial score (nSPS) is 26.1. The molecule has 1 spiro atoms. The molecule has 7 heteroatoms. The van der Waals surface area contributed by atoms with E-state index in [-0.39, 0.29) is 5.91 Å². The van der Waals surface area contributed by atoms with Gasteiger partial charge in [-0.3, -0.25) is 15.0 Å². The fourth-order valence-corrected chi connectivity index (χ4v) is 4.95. The first-order chi connectivity index (χ1) is 12.1. The summed E-state index contributed by atoms with van der Waals surface area (Å²) in [7, 11) is 3.82. The summed E-state index contributed by atoms with van der Waals surface area (Å²) in [5, 5.41) is 2.92. The number of likely N-dealkylation sites (tertiary alicyclic amines) is 1. The number of thiophene rings is 1. The second-order valence-electron chi connectivity index (χ2n) is 7.40. The minimum absolute atomic E-state index is 0.0626. The van der Waals surface area contributed by atoms with Crippen molar-refractivity contribution in [1.29, 1.82) is 0 Å². The third-order valence-electron chi connectivity index (χ3n) is 5.38. The van der Waals surface area contributed by atoms with E-state index in [4.69, 9.17) is 9.73 Å². The number of guanidine groups is 1. The number of hydrogen-bond acceptors (Lipinski definition) is 6. The molecular formula is C18H26N4O2S. The summed E-state index contributed by atoms with van der Waals surface area (Å²) in [5.74, 6) is 0.755. The van der Waals surface area contributed by atoms with E-state index in [0.717, 1.165) is 45.5 Å². The maximum absolute atomic E-state index is 12.4. The number of amides is 1. The van der Waals surface area contributed by atoms with Crippen molar-refractivity contribution < 1.29 is 9.53 Å². The summed E-state index contributed by atoms with van der Waals surface area (Å²) in [5.41, 5.74) is -0.547. The van der Waals surface area contributed by atoms with Crippen LogP contribution in [0.5, 0.6) is 0 Å². The van der Waals surface area contributed by atoms with Crippen LogP contribution in [0.25, 0.3) is 0 Å². The molecule has 0 radical (unpaired) electrons. The molecule has 0 aliphatic carbocycles. The van der Waals surface area contributed by atoms with Gasteiger partial charge in [0.25, 0.3) is 5.91 Å². The quantitative estimate of drug-likeness (QED) is 0.893. The molecule has 0 aromatic carbocycles. The molecule has 1 N–H and O–H groups in total. The Bertz CT molecular complexity index is 670. The zero-order valence-corrected chi connectivity index (χ0v) is 15.8. The van der Waals surface area contributed by atoms with Crippen LogP contribution >= 0.6 is 11.3 Å². The van der Waals surface area contributed by atoms with Crippen molar-refractivity contribution in [2.45, 2.75) is 43.9 Å². The van der Waals surface area contributed by atoms with E-state index in [0.29, 0.717) is 12.1 Å². The van der Waals surface area contributed by atoms with Gasteiger partial charge in [-0.1, -0.05) is 0 Å². The van der Waals surface area contributed by atoms with Gasteiger partial charge in [0.15, 0.2) is 0 Å². The third kappa shape index (κ3) is 3.32. The summed E-state index contributed by atoms with van der Waals surface area (Å²) < 4.78 is 5.78. The lowest BCUT2D eigenvalue weighted by Gasteiger charge is -2.35. The van der Waals surface area contributed by atoms with Gasteiger partial charge < -0.3 is 9.64 Å². The Kier molecular flexibility index (Phi) is 4.56. The van der Waals surface area contributed by atoms with Crippen LogP contribution in [0, 0.1) is 0 Å². The van der Waals surface area contributed by atoms with E-state index >= 15 is 0 Å². The Balaban J connectivity index is 1.36. The summed E-state index contributed by atoms with van der Waals surface area (Å²) in [6.45, 7) is 3.67. The van der Waals surface area contributed by atoms with Crippen molar-refractivity contribution in [2.75, 3.05) is 33.8 Å². The maximum atomic E-state index is 12.4. The number of carbonyl (C=O) groups excluding carboxylic acids is 1. The minimum Gasteiger partial charge on any atom is -0.373 e. The maximum Gasteiger partial charge on any atom is 0.254 e. The molecule has 0 saturated carbocycles. The van der Waals surface area contributed by atoms with Gasteiger partial charge in [-0.15, -0.1) is 11.3 Å². The number of piperidine rings is 1. The third-order valence-corrected chi connectivity index (χ3v) is 6.55. The van der Waals surface area contributed by atoms with Crippen LogP contribution in [-0.2, 0) is 16.1 Å². The van der Waals surface area contributed by atoms with Gasteiger partial charge in [-0.25, -0.2) is 4.99 Å². The van der Waals surface area contributed by atoms with Gasteiger partial charge in [-0.05, 0) is 37.8 Å². The summed E-state index contributed by atoms with van der Waals surface area (Å²) in [4.78, 5) is 24.1. The van der Waals surface area contributed by atoms with Crippen molar-refractivity contribution >= 4 is 23.2 Å². The van der Waals surface area contributed by atoms with Crippen molar-refractivity contribution in [3.63, 3.8) is 0 Å². The number of nitrogens with zero attached hydrogens (tertiary/aromatic N) is 3. The largest absolute Gasteiger partial charge is 0.373 e. The number of aliphatic imine (C=N–C) groups is 1. The zero-order chi connectivity index (χ0) is 17.4. The number of nitrogens with one attached hydrogen (secondary N) is 1. The Morgan fingerprint density at radius 3 is 2.84 bits per heavy atom. The Labute approximate surface area is 152 Å². The van der Waals surface area contributed by atoms with Gasteiger partial charge in [-0.2, -0.15) is 0 Å². The molecule has 4 heterocycles. The SMILES string of the molecule is CN(C)C1=NC2(CCN(Cc3ccc(C4CCCO4)s3)CC2)C(=O)N1. The Morgan fingerprint density at radius 2 is 2.20 bits per heavy atom. The molecule has 25 heavy (non-hydrogen) atoms. The van der Waals surface area contributed by atoms with Crippen LogP contribution in [0.1, 0.15) is 41.5 Å². The molecule has 1 atom stereocenters. The van der Waals surface area contributed by atoms with E-state index in [9.17, 15) is 4.79 Å². The summed E-state index contributed by atoms with van der Waals surface area (Å²) in [6.07, 6.45) is 4.21. The van der Waals surface area contributed by atoms with Crippen molar-refractivity contribution in [1.82, 2.24) is 15.1 Å². The molecule has 1 amide bonds. The molecule has 3 aliphatic rings. The van der Waals surface area contributed by atoms with E-state index in [2.05, 4.69) is 22.3 Å². The first-order valence-corrected chi connectivity index (χ1v) is 9.89. The molecule has 4 rings (SSSR count). The number of rotatable bonds is 3. The highest BCUT2D eigenvalue weighted by Gasteiger charge is 2.46. The van der Waals surface area contributed by atoms with Crippen LogP contribution < -0.4 is 5.32 Å². The Morgan fingerprint density at radius 1 is 1.40 bits per heavy atom. The standard InChI is InChI=1S/C18H26N4O2S/c1-21(2)17-19-16(23)18(20-17)7-9-22(10-8-18)12-13-5-6-15(25-13)14-4-3-11-24-14/h5-6,14H,3-4,7-12H2,1-2H3,(H,19,20,23). The lowest BCUT2D eigenvalue weighted by atomic mass is 9.88. The van der Waals surface area contributed by atoms with Gasteiger partial charge in [0.05, 0.1) is 6.10 Å². The van der Waals surface area contributed by atoms with E-state index < -0.39 is 5.54 Å². The monoisotopic (exact) mass is 362 g/mol. The summed E-state index contributed by atoms with van der Waals surface area (Å²) >= 11 is 1.87. The highest BCUT2D eigenvalue weighted by Crippen LogP contribution is 2.35. The average molecular weight is 362 g/mol. The predicted octanol–water partition coefficient (Wildman–Crippen LogP) is 1.98. The second kappa shape index (κ2) is 6.70. The van der Waals surface area contributed by atoms with E-state index in [1.165, 1.54) is 16.2 Å².